The van der Waals surface area contributed by atoms with Crippen LogP contribution in [-0.2, 0) is 0 Å². The lowest BCUT2D eigenvalue weighted by atomic mass is 10.1. The number of fused-ring (bicyclic) bond motifs is 1. The van der Waals surface area contributed by atoms with Crippen LogP contribution in [0.1, 0.15) is 20.3 Å². The Balaban J connectivity index is 2.21. The van der Waals surface area contributed by atoms with Gasteiger partial charge in [0.15, 0.2) is 0 Å². The average Bonchev–Trinajstić information content (AvgIpc) is 2.32. The molecule has 3 heteroatoms. The first kappa shape index (κ1) is 11.7. The molecule has 0 radical (unpaired) electrons. The summed E-state index contributed by atoms with van der Waals surface area (Å²) in [6.07, 6.45) is 4.59. The minimum atomic E-state index is 0.640. The van der Waals surface area contributed by atoms with Gasteiger partial charge in [-0.2, -0.15) is 0 Å². The molecular weight excluding hydrogens is 212 g/mol. The molecule has 0 aliphatic rings. The predicted molar refractivity (Wildman–Crippen MR) is 71.1 cm³/mol. The second-order valence-corrected chi connectivity index (χ2v) is 4.61. The largest absolute Gasteiger partial charge is 0.491 e. The van der Waals surface area contributed by atoms with Crippen LogP contribution >= 0.6 is 0 Å². The summed E-state index contributed by atoms with van der Waals surface area (Å²) in [7, 11) is 0. The topological polar surface area (TPSA) is 48.1 Å². The van der Waals surface area contributed by atoms with E-state index in [0.717, 1.165) is 22.9 Å². The Bertz CT molecular complexity index is 509. The maximum atomic E-state index is 6.08. The van der Waals surface area contributed by atoms with E-state index in [0.29, 0.717) is 18.2 Å². The van der Waals surface area contributed by atoms with Gasteiger partial charge in [-0.15, -0.1) is 0 Å². The molecule has 17 heavy (non-hydrogen) atoms. The molecule has 0 saturated heterocycles. The lowest BCUT2D eigenvalue weighted by Crippen LogP contribution is -2.03. The Kier molecular flexibility index (Phi) is 3.47. The van der Waals surface area contributed by atoms with E-state index in [9.17, 15) is 0 Å². The van der Waals surface area contributed by atoms with E-state index >= 15 is 0 Å². The van der Waals surface area contributed by atoms with Crippen molar-refractivity contribution in [3.05, 3.63) is 30.6 Å². The smallest absolute Gasteiger partial charge is 0.142 e. The van der Waals surface area contributed by atoms with Gasteiger partial charge < -0.3 is 10.5 Å². The number of anilines is 1. The number of nitrogens with two attached hydrogens (primary N) is 1. The second kappa shape index (κ2) is 5.04. The third-order valence-electron chi connectivity index (χ3n) is 2.77. The number of nitrogens with zero attached hydrogens (tertiary/aromatic N) is 1. The van der Waals surface area contributed by atoms with Gasteiger partial charge in [-0.3, -0.25) is 4.98 Å². The summed E-state index contributed by atoms with van der Waals surface area (Å²) in [5, 5.41) is 2.04. The number of ether oxygens (including phenoxy) is 1. The van der Waals surface area contributed by atoms with Crippen LogP contribution in [0, 0.1) is 5.92 Å². The van der Waals surface area contributed by atoms with Gasteiger partial charge in [0.2, 0.25) is 0 Å². The van der Waals surface area contributed by atoms with Crippen molar-refractivity contribution in [2.75, 3.05) is 12.3 Å². The van der Waals surface area contributed by atoms with Crippen molar-refractivity contribution in [1.82, 2.24) is 4.98 Å². The van der Waals surface area contributed by atoms with Gasteiger partial charge in [0.1, 0.15) is 5.75 Å². The van der Waals surface area contributed by atoms with E-state index in [4.69, 9.17) is 10.5 Å². The van der Waals surface area contributed by atoms with E-state index in [-0.39, 0.29) is 0 Å². The molecule has 0 saturated carbocycles. The zero-order valence-electron chi connectivity index (χ0n) is 10.3. The van der Waals surface area contributed by atoms with Crippen LogP contribution in [0.4, 0.5) is 5.69 Å². The molecule has 0 aliphatic carbocycles. The monoisotopic (exact) mass is 230 g/mol. The molecule has 0 spiro atoms. The van der Waals surface area contributed by atoms with E-state index in [1.165, 1.54) is 0 Å². The molecule has 3 nitrogen and oxygen atoms in total. The Labute approximate surface area is 102 Å². The van der Waals surface area contributed by atoms with Crippen molar-refractivity contribution in [2.24, 2.45) is 5.92 Å². The number of benzene rings is 1. The third kappa shape index (κ3) is 2.67. The van der Waals surface area contributed by atoms with Gasteiger partial charge in [-0.25, -0.2) is 0 Å². The highest BCUT2D eigenvalue weighted by Crippen LogP contribution is 2.30. The van der Waals surface area contributed by atoms with Crippen molar-refractivity contribution in [2.45, 2.75) is 20.3 Å². The Morgan fingerprint density at radius 2 is 2.12 bits per heavy atom. The molecule has 2 rings (SSSR count). The molecule has 0 unspecified atom stereocenters. The molecule has 0 atom stereocenters. The summed E-state index contributed by atoms with van der Waals surface area (Å²) in [5.41, 5.74) is 6.79. The number of hydrogen-bond donors (Lipinski definition) is 1. The third-order valence-corrected chi connectivity index (χ3v) is 2.77. The summed E-state index contributed by atoms with van der Waals surface area (Å²) in [6, 6.07) is 5.82. The van der Waals surface area contributed by atoms with Gasteiger partial charge in [-0.05, 0) is 30.5 Å². The van der Waals surface area contributed by atoms with Gasteiger partial charge >= 0.3 is 0 Å². The number of pyridine rings is 1. The fourth-order valence-corrected chi connectivity index (χ4v) is 1.70. The van der Waals surface area contributed by atoms with E-state index in [1.807, 2.05) is 24.4 Å². The van der Waals surface area contributed by atoms with E-state index in [1.54, 1.807) is 6.20 Å². The minimum Gasteiger partial charge on any atom is -0.491 e. The average molecular weight is 230 g/mol. The summed E-state index contributed by atoms with van der Waals surface area (Å²) < 4.78 is 5.71. The fraction of sp³-hybridized carbons (Fsp3) is 0.357. The molecule has 90 valence electrons. The zero-order chi connectivity index (χ0) is 12.3. The van der Waals surface area contributed by atoms with Crippen LogP contribution in [0.2, 0.25) is 0 Å². The highest BCUT2D eigenvalue weighted by molar-refractivity contribution is 5.95. The summed E-state index contributed by atoms with van der Waals surface area (Å²) >= 11 is 0. The molecule has 2 N–H and O–H groups in total. The molecule has 0 bridgehead atoms. The summed E-state index contributed by atoms with van der Waals surface area (Å²) in [6.45, 7) is 5.07. The molecule has 1 aromatic carbocycles. The van der Waals surface area contributed by atoms with Crippen LogP contribution in [0.25, 0.3) is 10.8 Å². The molecule has 2 aromatic rings. The number of hydrogen-bond acceptors (Lipinski definition) is 3. The highest BCUT2D eigenvalue weighted by atomic mass is 16.5. The number of nitrogen functional groups attached to an aromatic ring is 1. The first-order valence-corrected chi connectivity index (χ1v) is 5.93. The highest BCUT2D eigenvalue weighted by Gasteiger charge is 2.05. The zero-order valence-corrected chi connectivity index (χ0v) is 10.3. The van der Waals surface area contributed by atoms with Crippen LogP contribution in [0.15, 0.2) is 30.6 Å². The molecule has 0 aliphatic heterocycles. The fourth-order valence-electron chi connectivity index (χ4n) is 1.70. The Morgan fingerprint density at radius 3 is 2.88 bits per heavy atom. The minimum absolute atomic E-state index is 0.640. The van der Waals surface area contributed by atoms with Crippen molar-refractivity contribution < 1.29 is 4.74 Å². The SMILES string of the molecule is CC(C)CCOc1ccc2cnccc2c1N. The summed E-state index contributed by atoms with van der Waals surface area (Å²) in [5.74, 6) is 1.41. The van der Waals surface area contributed by atoms with Crippen molar-refractivity contribution >= 4 is 16.5 Å². The van der Waals surface area contributed by atoms with Crippen molar-refractivity contribution in [3.8, 4) is 5.75 Å². The first-order chi connectivity index (χ1) is 8.18. The first-order valence-electron chi connectivity index (χ1n) is 5.93. The van der Waals surface area contributed by atoms with Gasteiger partial charge in [0, 0.05) is 23.2 Å². The lowest BCUT2D eigenvalue weighted by Gasteiger charge is -2.11. The Hall–Kier alpha value is -1.77. The van der Waals surface area contributed by atoms with Crippen LogP contribution in [0.5, 0.6) is 5.75 Å². The second-order valence-electron chi connectivity index (χ2n) is 4.61. The van der Waals surface area contributed by atoms with Crippen LogP contribution < -0.4 is 10.5 Å². The van der Waals surface area contributed by atoms with Crippen molar-refractivity contribution in [1.29, 1.82) is 0 Å². The molecule has 0 amide bonds. The van der Waals surface area contributed by atoms with Crippen LogP contribution in [-0.4, -0.2) is 11.6 Å². The van der Waals surface area contributed by atoms with Gasteiger partial charge in [0.05, 0.1) is 12.3 Å². The van der Waals surface area contributed by atoms with Crippen molar-refractivity contribution in [3.63, 3.8) is 0 Å². The molecule has 1 aromatic heterocycles. The number of aromatic nitrogens is 1. The summed E-state index contributed by atoms with van der Waals surface area (Å²) in [4.78, 5) is 4.07. The maximum absolute atomic E-state index is 6.08. The maximum Gasteiger partial charge on any atom is 0.142 e. The quantitative estimate of drug-likeness (QED) is 0.820. The van der Waals surface area contributed by atoms with E-state index < -0.39 is 0 Å². The standard InChI is InChI=1S/C14H18N2O/c1-10(2)6-8-17-13-4-3-11-9-16-7-5-12(11)14(13)15/h3-5,7,9-10H,6,8,15H2,1-2H3. The molecule has 0 fully saturated rings. The van der Waals surface area contributed by atoms with Gasteiger partial charge in [0.25, 0.3) is 0 Å². The number of rotatable bonds is 4. The Morgan fingerprint density at radius 1 is 1.29 bits per heavy atom. The van der Waals surface area contributed by atoms with Gasteiger partial charge in [-0.1, -0.05) is 13.8 Å². The lowest BCUT2D eigenvalue weighted by molar-refractivity contribution is 0.291. The van der Waals surface area contributed by atoms with E-state index in [2.05, 4.69) is 18.8 Å². The normalized spacial score (nSPS) is 11.0. The molecule has 1 heterocycles. The molecular formula is C14H18N2O. The predicted octanol–water partition coefficient (Wildman–Crippen LogP) is 3.24. The van der Waals surface area contributed by atoms with Crippen LogP contribution in [0.3, 0.4) is 0 Å².